The molecule has 3 heteroatoms. The summed E-state index contributed by atoms with van der Waals surface area (Å²) in [6.07, 6.45) is 0.115. The molecule has 0 N–H and O–H groups in total. The summed E-state index contributed by atoms with van der Waals surface area (Å²) in [7, 11) is 0. The van der Waals surface area contributed by atoms with Gasteiger partial charge in [-0.1, -0.05) is 32.9 Å². The van der Waals surface area contributed by atoms with Crippen LogP contribution < -0.4 is 0 Å². The number of rotatable bonds is 1. The molecule has 0 spiro atoms. The largest absolute Gasteiger partial charge is 0.375 e. The Labute approximate surface area is 121 Å². The summed E-state index contributed by atoms with van der Waals surface area (Å²) in [5.74, 6) is 0.105. The second-order valence-corrected chi connectivity index (χ2v) is 6.78. The van der Waals surface area contributed by atoms with Gasteiger partial charge in [0.15, 0.2) is 0 Å². The third kappa shape index (κ3) is 3.21. The van der Waals surface area contributed by atoms with Gasteiger partial charge in [0.05, 0.1) is 18.8 Å². The maximum atomic E-state index is 12.6. The number of carbonyl (C=O) groups is 1. The molecular weight excluding hydrogens is 250 g/mol. The molecule has 2 atom stereocenters. The lowest BCUT2D eigenvalue weighted by Crippen LogP contribution is -2.50. The van der Waals surface area contributed by atoms with Gasteiger partial charge in [0, 0.05) is 12.1 Å². The molecule has 1 aromatic carbocycles. The van der Waals surface area contributed by atoms with Crippen LogP contribution in [0.1, 0.15) is 50.5 Å². The maximum absolute atomic E-state index is 12.6. The van der Waals surface area contributed by atoms with Crippen molar-refractivity contribution in [3.63, 3.8) is 0 Å². The first-order valence-electron chi connectivity index (χ1n) is 7.32. The molecule has 110 valence electrons. The molecule has 0 aliphatic carbocycles. The highest BCUT2D eigenvalue weighted by Gasteiger charge is 2.28. The Morgan fingerprint density at radius 1 is 1.20 bits per heavy atom. The topological polar surface area (TPSA) is 29.5 Å². The molecule has 1 amide bonds. The first-order valence-corrected chi connectivity index (χ1v) is 7.32. The molecule has 2 unspecified atom stereocenters. The van der Waals surface area contributed by atoms with Gasteiger partial charge in [0.1, 0.15) is 0 Å². The summed E-state index contributed by atoms with van der Waals surface area (Å²) in [6.45, 7) is 11.9. The van der Waals surface area contributed by atoms with Crippen LogP contribution in [-0.4, -0.2) is 36.1 Å². The molecule has 20 heavy (non-hydrogen) atoms. The quantitative estimate of drug-likeness (QED) is 0.787. The van der Waals surface area contributed by atoms with E-state index in [-0.39, 0.29) is 23.5 Å². The van der Waals surface area contributed by atoms with E-state index in [1.807, 2.05) is 30.9 Å². The summed E-state index contributed by atoms with van der Waals surface area (Å²) in [5, 5.41) is 0. The maximum Gasteiger partial charge on any atom is 0.254 e. The van der Waals surface area contributed by atoms with Crippen LogP contribution in [0.3, 0.4) is 0 Å². The van der Waals surface area contributed by atoms with Gasteiger partial charge >= 0.3 is 0 Å². The van der Waals surface area contributed by atoms with Crippen LogP contribution in [0.2, 0.25) is 0 Å². The molecule has 2 rings (SSSR count). The molecule has 1 aliphatic rings. The van der Waals surface area contributed by atoms with Crippen molar-refractivity contribution in [3.8, 4) is 0 Å². The number of nitrogens with zero attached hydrogens (tertiary/aromatic N) is 1. The summed E-state index contributed by atoms with van der Waals surface area (Å²) >= 11 is 0. The Hall–Kier alpha value is -1.35. The van der Waals surface area contributed by atoms with E-state index >= 15 is 0 Å². The van der Waals surface area contributed by atoms with Crippen LogP contribution in [0, 0.1) is 0 Å². The highest BCUT2D eigenvalue weighted by molar-refractivity contribution is 5.94. The highest BCUT2D eigenvalue weighted by atomic mass is 16.5. The minimum atomic E-state index is 0.105. The molecule has 3 nitrogen and oxygen atoms in total. The van der Waals surface area contributed by atoms with Crippen LogP contribution in [0.15, 0.2) is 24.3 Å². The van der Waals surface area contributed by atoms with Crippen LogP contribution >= 0.6 is 0 Å². The van der Waals surface area contributed by atoms with Gasteiger partial charge in [-0.3, -0.25) is 4.79 Å². The highest BCUT2D eigenvalue weighted by Crippen LogP contribution is 2.23. The van der Waals surface area contributed by atoms with E-state index in [0.29, 0.717) is 13.2 Å². The van der Waals surface area contributed by atoms with E-state index in [9.17, 15) is 4.79 Å². The van der Waals surface area contributed by atoms with Crippen molar-refractivity contribution in [3.05, 3.63) is 35.4 Å². The molecule has 0 saturated carbocycles. The summed E-state index contributed by atoms with van der Waals surface area (Å²) in [4.78, 5) is 14.5. The standard InChI is InChI=1S/C17H25NO2/c1-12-11-20-13(2)10-18(12)16(19)14-6-8-15(9-7-14)17(3,4)5/h6-9,12-13H,10-11H2,1-5H3. The van der Waals surface area contributed by atoms with Gasteiger partial charge in [-0.15, -0.1) is 0 Å². The third-order valence-electron chi connectivity index (χ3n) is 3.87. The first-order chi connectivity index (χ1) is 9.29. The number of hydrogen-bond acceptors (Lipinski definition) is 2. The van der Waals surface area contributed by atoms with Crippen LogP contribution in [0.5, 0.6) is 0 Å². The average Bonchev–Trinajstić information content (AvgIpc) is 2.40. The van der Waals surface area contributed by atoms with Crippen LogP contribution in [-0.2, 0) is 10.2 Å². The van der Waals surface area contributed by atoms with Crippen LogP contribution in [0.25, 0.3) is 0 Å². The molecule has 0 radical (unpaired) electrons. The SMILES string of the molecule is CC1CN(C(=O)c2ccc(C(C)(C)C)cc2)C(C)CO1. The fraction of sp³-hybridized carbons (Fsp3) is 0.588. The number of amides is 1. The normalized spacial score (nSPS) is 23.8. The van der Waals surface area contributed by atoms with Gasteiger partial charge in [-0.25, -0.2) is 0 Å². The number of morpholine rings is 1. The second kappa shape index (κ2) is 5.57. The van der Waals surface area contributed by atoms with E-state index in [0.717, 1.165) is 5.56 Å². The molecule has 0 bridgehead atoms. The van der Waals surface area contributed by atoms with Crippen molar-refractivity contribution in [2.45, 2.75) is 52.2 Å². The smallest absolute Gasteiger partial charge is 0.254 e. The fourth-order valence-corrected chi connectivity index (χ4v) is 2.46. The van der Waals surface area contributed by atoms with Crippen molar-refractivity contribution in [1.29, 1.82) is 0 Å². The van der Waals surface area contributed by atoms with E-state index in [1.165, 1.54) is 5.56 Å². The molecule has 1 aromatic rings. The zero-order valence-corrected chi connectivity index (χ0v) is 13.1. The number of benzene rings is 1. The van der Waals surface area contributed by atoms with E-state index < -0.39 is 0 Å². The number of ether oxygens (including phenoxy) is 1. The zero-order chi connectivity index (χ0) is 14.9. The third-order valence-corrected chi connectivity index (χ3v) is 3.87. The minimum Gasteiger partial charge on any atom is -0.375 e. The Bertz CT molecular complexity index is 473. The monoisotopic (exact) mass is 275 g/mol. The first kappa shape index (κ1) is 15.0. The summed E-state index contributed by atoms with van der Waals surface area (Å²) in [5.41, 5.74) is 2.12. The lowest BCUT2D eigenvalue weighted by Gasteiger charge is -2.37. The van der Waals surface area contributed by atoms with Gasteiger partial charge in [0.2, 0.25) is 0 Å². The molecule has 1 heterocycles. The van der Waals surface area contributed by atoms with Crippen molar-refractivity contribution in [1.82, 2.24) is 4.90 Å². The molecule has 1 saturated heterocycles. The molecule has 0 aromatic heterocycles. The lowest BCUT2D eigenvalue weighted by atomic mass is 9.86. The Morgan fingerprint density at radius 2 is 1.80 bits per heavy atom. The van der Waals surface area contributed by atoms with Crippen molar-refractivity contribution >= 4 is 5.91 Å². The predicted molar refractivity (Wildman–Crippen MR) is 81.1 cm³/mol. The Kier molecular flexibility index (Phi) is 4.19. The minimum absolute atomic E-state index is 0.105. The number of carbonyl (C=O) groups excluding carboxylic acids is 1. The average molecular weight is 275 g/mol. The van der Waals surface area contributed by atoms with Gasteiger partial charge in [-0.2, -0.15) is 0 Å². The van der Waals surface area contributed by atoms with E-state index in [1.54, 1.807) is 0 Å². The molecule has 1 fully saturated rings. The van der Waals surface area contributed by atoms with E-state index in [2.05, 4.69) is 32.9 Å². The van der Waals surface area contributed by atoms with Gasteiger partial charge in [-0.05, 0) is 37.0 Å². The Balaban J connectivity index is 2.16. The second-order valence-electron chi connectivity index (χ2n) is 6.78. The predicted octanol–water partition coefficient (Wildman–Crippen LogP) is 3.23. The Morgan fingerprint density at radius 3 is 2.35 bits per heavy atom. The van der Waals surface area contributed by atoms with E-state index in [4.69, 9.17) is 4.74 Å². The van der Waals surface area contributed by atoms with Crippen LogP contribution in [0.4, 0.5) is 0 Å². The molecular formula is C17H25NO2. The van der Waals surface area contributed by atoms with Crippen molar-refractivity contribution in [2.75, 3.05) is 13.2 Å². The fourth-order valence-electron chi connectivity index (χ4n) is 2.46. The summed E-state index contributed by atoms with van der Waals surface area (Å²) in [6, 6.07) is 8.13. The lowest BCUT2D eigenvalue weighted by molar-refractivity contribution is -0.0387. The number of hydrogen-bond donors (Lipinski definition) is 0. The van der Waals surface area contributed by atoms with Crippen molar-refractivity contribution in [2.24, 2.45) is 0 Å². The van der Waals surface area contributed by atoms with Gasteiger partial charge in [0.25, 0.3) is 5.91 Å². The zero-order valence-electron chi connectivity index (χ0n) is 13.1. The van der Waals surface area contributed by atoms with Crippen molar-refractivity contribution < 1.29 is 9.53 Å². The molecule has 1 aliphatic heterocycles. The summed E-state index contributed by atoms with van der Waals surface area (Å²) < 4.78 is 5.58. The van der Waals surface area contributed by atoms with Gasteiger partial charge < -0.3 is 9.64 Å².